The van der Waals surface area contributed by atoms with Gasteiger partial charge in [0, 0.05) is 19.8 Å². The third kappa shape index (κ3) is 2.66. The highest BCUT2D eigenvalue weighted by Crippen LogP contribution is 2.60. The van der Waals surface area contributed by atoms with Gasteiger partial charge in [0.15, 0.2) is 0 Å². The summed E-state index contributed by atoms with van der Waals surface area (Å²) in [5.74, 6) is 0. The Balaban J connectivity index is 1.80. The summed E-state index contributed by atoms with van der Waals surface area (Å²) in [5.41, 5.74) is -0.0433. The molecule has 1 saturated carbocycles. The summed E-state index contributed by atoms with van der Waals surface area (Å²) < 4.78 is 12.7. The molecule has 26 heavy (non-hydrogen) atoms. The van der Waals surface area contributed by atoms with Crippen LogP contribution in [0.15, 0.2) is 35.9 Å². The SMILES string of the molecule is OCCC[C@]1(O)/C(=C/c2ccccc2)CC[C@@]2(CCCO2)[C@@]12CCCO2. The Morgan fingerprint density at radius 2 is 1.77 bits per heavy atom. The summed E-state index contributed by atoms with van der Waals surface area (Å²) in [7, 11) is 0. The fourth-order valence-corrected chi connectivity index (χ4v) is 5.56. The zero-order chi connectivity index (χ0) is 18.1. The highest BCUT2D eigenvalue weighted by Gasteiger charge is 2.69. The molecule has 0 amide bonds. The highest BCUT2D eigenvalue weighted by atomic mass is 16.6. The van der Waals surface area contributed by atoms with Gasteiger partial charge in [-0.15, -0.1) is 0 Å². The Morgan fingerprint density at radius 3 is 2.42 bits per heavy atom. The average molecular weight is 358 g/mol. The summed E-state index contributed by atoms with van der Waals surface area (Å²) in [6.07, 6.45) is 8.65. The van der Waals surface area contributed by atoms with E-state index in [-0.39, 0.29) is 12.2 Å². The number of benzene rings is 1. The van der Waals surface area contributed by atoms with E-state index < -0.39 is 11.2 Å². The molecule has 0 aromatic heterocycles. The fraction of sp³-hybridized carbons (Fsp3) is 0.636. The van der Waals surface area contributed by atoms with Crippen LogP contribution in [0.2, 0.25) is 0 Å². The minimum Gasteiger partial charge on any atom is -0.396 e. The molecule has 4 rings (SSSR count). The third-order valence-electron chi connectivity index (χ3n) is 6.70. The average Bonchev–Trinajstić information content (AvgIpc) is 3.34. The van der Waals surface area contributed by atoms with Crippen LogP contribution in [0.25, 0.3) is 6.08 Å². The lowest BCUT2D eigenvalue weighted by Gasteiger charge is -2.58. The number of hydrogen-bond acceptors (Lipinski definition) is 4. The number of aliphatic hydroxyl groups is 2. The van der Waals surface area contributed by atoms with E-state index in [9.17, 15) is 10.2 Å². The maximum atomic E-state index is 12.1. The van der Waals surface area contributed by atoms with Crippen LogP contribution < -0.4 is 0 Å². The number of rotatable bonds is 4. The van der Waals surface area contributed by atoms with Crippen molar-refractivity contribution in [1.82, 2.24) is 0 Å². The van der Waals surface area contributed by atoms with E-state index >= 15 is 0 Å². The summed E-state index contributed by atoms with van der Waals surface area (Å²) >= 11 is 0. The monoisotopic (exact) mass is 358 g/mol. The topological polar surface area (TPSA) is 58.9 Å². The fourth-order valence-electron chi connectivity index (χ4n) is 5.56. The van der Waals surface area contributed by atoms with Crippen molar-refractivity contribution < 1.29 is 19.7 Å². The first-order chi connectivity index (χ1) is 12.7. The van der Waals surface area contributed by atoms with E-state index in [0.717, 1.165) is 56.3 Å². The molecule has 1 aromatic rings. The molecule has 3 fully saturated rings. The Hall–Kier alpha value is -1.20. The molecular formula is C22H30O4. The first-order valence-corrected chi connectivity index (χ1v) is 10.0. The number of ether oxygens (including phenoxy) is 2. The first-order valence-electron chi connectivity index (χ1n) is 10.0. The molecule has 0 bridgehead atoms. The maximum Gasteiger partial charge on any atom is 0.129 e. The van der Waals surface area contributed by atoms with Gasteiger partial charge in [-0.05, 0) is 62.5 Å². The highest BCUT2D eigenvalue weighted by molar-refractivity contribution is 5.57. The van der Waals surface area contributed by atoms with E-state index in [1.807, 2.05) is 18.2 Å². The number of aliphatic hydroxyl groups excluding tert-OH is 1. The molecule has 0 unspecified atom stereocenters. The summed E-state index contributed by atoms with van der Waals surface area (Å²) in [5, 5.41) is 21.6. The van der Waals surface area contributed by atoms with Crippen molar-refractivity contribution in [3.05, 3.63) is 41.5 Å². The van der Waals surface area contributed by atoms with Crippen LogP contribution in [0.1, 0.15) is 56.9 Å². The first kappa shape index (κ1) is 18.2. The largest absolute Gasteiger partial charge is 0.396 e. The van der Waals surface area contributed by atoms with Crippen molar-refractivity contribution in [3.8, 4) is 0 Å². The zero-order valence-electron chi connectivity index (χ0n) is 15.5. The summed E-state index contributed by atoms with van der Waals surface area (Å²) in [6, 6.07) is 10.2. The van der Waals surface area contributed by atoms with Crippen LogP contribution in [-0.4, -0.2) is 46.8 Å². The van der Waals surface area contributed by atoms with E-state index in [4.69, 9.17) is 9.47 Å². The lowest BCUT2D eigenvalue weighted by Crippen LogP contribution is -2.70. The molecule has 2 heterocycles. The van der Waals surface area contributed by atoms with Gasteiger partial charge in [-0.3, -0.25) is 0 Å². The molecule has 2 aliphatic heterocycles. The van der Waals surface area contributed by atoms with Gasteiger partial charge in [-0.2, -0.15) is 0 Å². The second-order valence-electron chi connectivity index (χ2n) is 7.99. The standard InChI is InChI=1S/C22H30O4/c23-14-4-11-21(24)19(17-18-7-2-1-3-8-18)9-13-20(10-5-15-25-20)22(21)12-6-16-26-22/h1-3,7-8,17,23-24H,4-6,9-16H2/b19-17+/t20-,21-,22-/m0/s1. The van der Waals surface area contributed by atoms with E-state index in [0.29, 0.717) is 19.4 Å². The quantitative estimate of drug-likeness (QED) is 0.865. The van der Waals surface area contributed by atoms with Crippen LogP contribution >= 0.6 is 0 Å². The van der Waals surface area contributed by atoms with Crippen molar-refractivity contribution >= 4 is 6.08 Å². The lowest BCUT2D eigenvalue weighted by atomic mass is 9.57. The number of hydrogen-bond donors (Lipinski definition) is 2. The van der Waals surface area contributed by atoms with Gasteiger partial charge in [0.1, 0.15) is 16.8 Å². The Labute approximate surface area is 155 Å². The van der Waals surface area contributed by atoms with Crippen molar-refractivity contribution in [1.29, 1.82) is 0 Å². The smallest absolute Gasteiger partial charge is 0.129 e. The second-order valence-corrected chi connectivity index (χ2v) is 7.99. The van der Waals surface area contributed by atoms with Crippen LogP contribution in [0.3, 0.4) is 0 Å². The van der Waals surface area contributed by atoms with Crippen LogP contribution in [0, 0.1) is 0 Å². The van der Waals surface area contributed by atoms with Gasteiger partial charge in [-0.1, -0.05) is 36.4 Å². The van der Waals surface area contributed by atoms with Gasteiger partial charge >= 0.3 is 0 Å². The predicted octanol–water partition coefficient (Wildman–Crippen LogP) is 3.47. The molecule has 1 aliphatic carbocycles. The molecular weight excluding hydrogens is 328 g/mol. The maximum absolute atomic E-state index is 12.1. The van der Waals surface area contributed by atoms with Crippen LogP contribution in [0.5, 0.6) is 0 Å². The molecule has 0 radical (unpaired) electrons. The van der Waals surface area contributed by atoms with E-state index in [1.54, 1.807) is 0 Å². The molecule has 2 spiro atoms. The molecule has 2 saturated heterocycles. The second kappa shape index (κ2) is 7.08. The molecule has 1 aromatic carbocycles. The van der Waals surface area contributed by atoms with Gasteiger partial charge in [-0.25, -0.2) is 0 Å². The molecule has 3 aliphatic rings. The molecule has 142 valence electrons. The van der Waals surface area contributed by atoms with Gasteiger partial charge in [0.25, 0.3) is 0 Å². The Morgan fingerprint density at radius 1 is 1.00 bits per heavy atom. The Kier molecular flexibility index (Phi) is 4.95. The lowest BCUT2D eigenvalue weighted by molar-refractivity contribution is -0.257. The van der Waals surface area contributed by atoms with Crippen molar-refractivity contribution in [3.63, 3.8) is 0 Å². The van der Waals surface area contributed by atoms with Gasteiger partial charge < -0.3 is 19.7 Å². The van der Waals surface area contributed by atoms with Crippen LogP contribution in [0.4, 0.5) is 0 Å². The minimum atomic E-state index is -1.09. The van der Waals surface area contributed by atoms with Gasteiger partial charge in [0.05, 0.1) is 0 Å². The van der Waals surface area contributed by atoms with E-state index in [2.05, 4.69) is 18.2 Å². The molecule has 3 atom stereocenters. The molecule has 2 N–H and O–H groups in total. The summed E-state index contributed by atoms with van der Waals surface area (Å²) in [4.78, 5) is 0. The number of fused-ring (bicyclic) bond motifs is 1. The summed E-state index contributed by atoms with van der Waals surface area (Å²) in [6.45, 7) is 1.49. The molecule has 4 nitrogen and oxygen atoms in total. The van der Waals surface area contributed by atoms with Crippen molar-refractivity contribution in [2.24, 2.45) is 0 Å². The van der Waals surface area contributed by atoms with Crippen molar-refractivity contribution in [2.45, 2.75) is 68.2 Å². The van der Waals surface area contributed by atoms with E-state index in [1.165, 1.54) is 0 Å². The normalized spacial score (nSPS) is 38.6. The minimum absolute atomic E-state index is 0.0743. The zero-order valence-corrected chi connectivity index (χ0v) is 15.5. The van der Waals surface area contributed by atoms with Crippen LogP contribution in [-0.2, 0) is 9.47 Å². The van der Waals surface area contributed by atoms with Gasteiger partial charge in [0.2, 0.25) is 0 Å². The predicted molar refractivity (Wildman–Crippen MR) is 101 cm³/mol. The Bertz CT molecular complexity index is 641. The van der Waals surface area contributed by atoms with Crippen molar-refractivity contribution in [2.75, 3.05) is 19.8 Å². The molecule has 4 heteroatoms. The third-order valence-corrected chi connectivity index (χ3v) is 6.70.